The Labute approximate surface area is 134 Å². The quantitative estimate of drug-likeness (QED) is 0.895. The molecule has 1 N–H and O–H groups in total. The summed E-state index contributed by atoms with van der Waals surface area (Å²) >= 11 is 0. The lowest BCUT2D eigenvalue weighted by atomic mass is 10.1. The minimum Gasteiger partial charge on any atom is -0.337 e. The Morgan fingerprint density at radius 2 is 1.87 bits per heavy atom. The average Bonchev–Trinajstić information content (AvgIpc) is 2.53. The maximum Gasteiger partial charge on any atom is 0.274 e. The lowest BCUT2D eigenvalue weighted by Gasteiger charge is -2.31. The summed E-state index contributed by atoms with van der Waals surface area (Å²) in [5, 5.41) is 0. The largest absolute Gasteiger partial charge is 0.337 e. The number of aromatic nitrogens is 2. The summed E-state index contributed by atoms with van der Waals surface area (Å²) in [5.41, 5.74) is 1.75. The Bertz CT molecular complexity index is 829. The third kappa shape index (κ3) is 3.83. The van der Waals surface area contributed by atoms with E-state index in [1.54, 1.807) is 4.90 Å². The van der Waals surface area contributed by atoms with Gasteiger partial charge in [0.1, 0.15) is 5.69 Å². The summed E-state index contributed by atoms with van der Waals surface area (Å²) in [4.78, 5) is 22.8. The van der Waals surface area contributed by atoms with Crippen LogP contribution < -0.4 is 4.72 Å². The van der Waals surface area contributed by atoms with Crippen molar-refractivity contribution in [1.29, 1.82) is 0 Å². The zero-order valence-electron chi connectivity index (χ0n) is 12.8. The number of likely N-dealkylation sites (tertiary alicyclic amines) is 1. The number of piperidine rings is 1. The molecule has 0 unspecified atom stereocenters. The second-order valence-corrected chi connectivity index (χ2v) is 7.48. The number of fused-ring (bicyclic) bond motifs is 1. The number of nitrogens with zero attached hydrogens (tertiary/aromatic N) is 3. The van der Waals surface area contributed by atoms with Crippen LogP contribution in [0.15, 0.2) is 30.5 Å². The zero-order chi connectivity index (χ0) is 16.4. The normalized spacial score (nSPS) is 16.7. The molecule has 1 aromatic heterocycles. The molecule has 0 bridgehead atoms. The van der Waals surface area contributed by atoms with E-state index in [2.05, 4.69) is 14.7 Å². The molecule has 0 atom stereocenters. The summed E-state index contributed by atoms with van der Waals surface area (Å²) in [5.74, 6) is -0.166. The van der Waals surface area contributed by atoms with Gasteiger partial charge in [-0.05, 0) is 25.0 Å². The van der Waals surface area contributed by atoms with Gasteiger partial charge in [0.2, 0.25) is 10.0 Å². The van der Waals surface area contributed by atoms with E-state index in [0.717, 1.165) is 11.8 Å². The molecule has 0 spiro atoms. The highest BCUT2D eigenvalue weighted by Crippen LogP contribution is 2.15. The Morgan fingerprint density at radius 1 is 1.22 bits per heavy atom. The van der Waals surface area contributed by atoms with E-state index in [0.29, 0.717) is 37.1 Å². The minimum absolute atomic E-state index is 0.114. The molecule has 7 nitrogen and oxygen atoms in total. The van der Waals surface area contributed by atoms with Gasteiger partial charge in [-0.3, -0.25) is 9.78 Å². The van der Waals surface area contributed by atoms with Gasteiger partial charge in [-0.1, -0.05) is 12.1 Å². The molecule has 1 amide bonds. The summed E-state index contributed by atoms with van der Waals surface area (Å²) in [7, 11) is -3.21. The van der Waals surface area contributed by atoms with Gasteiger partial charge >= 0.3 is 0 Å². The monoisotopic (exact) mass is 334 g/mol. The van der Waals surface area contributed by atoms with Gasteiger partial charge in [-0.15, -0.1) is 0 Å². The van der Waals surface area contributed by atoms with E-state index in [9.17, 15) is 13.2 Å². The van der Waals surface area contributed by atoms with Crippen molar-refractivity contribution in [2.75, 3.05) is 19.3 Å². The molecule has 3 rings (SSSR count). The predicted octanol–water partition coefficient (Wildman–Crippen LogP) is 0.784. The molecule has 0 radical (unpaired) electrons. The number of carbonyl (C=O) groups excluding carboxylic acids is 1. The van der Waals surface area contributed by atoms with Gasteiger partial charge in [0.25, 0.3) is 5.91 Å². The fourth-order valence-electron chi connectivity index (χ4n) is 2.73. The van der Waals surface area contributed by atoms with Gasteiger partial charge in [0, 0.05) is 19.1 Å². The minimum atomic E-state index is -3.21. The standard InChI is InChI=1S/C15H18N4O3S/c1-23(21,22)18-11-6-8-19(9-7-11)15(20)14-10-16-12-4-2-3-5-13(12)17-14/h2-5,10-11,18H,6-9H2,1H3. The summed E-state index contributed by atoms with van der Waals surface area (Å²) < 4.78 is 25.1. The van der Waals surface area contributed by atoms with Crippen molar-refractivity contribution < 1.29 is 13.2 Å². The number of nitrogens with one attached hydrogen (secondary N) is 1. The van der Waals surface area contributed by atoms with Gasteiger partial charge in [0.15, 0.2) is 0 Å². The molecule has 2 aromatic rings. The molecular weight excluding hydrogens is 316 g/mol. The van der Waals surface area contributed by atoms with E-state index in [-0.39, 0.29) is 11.9 Å². The first-order valence-corrected chi connectivity index (χ1v) is 9.30. The smallest absolute Gasteiger partial charge is 0.274 e. The van der Waals surface area contributed by atoms with Crippen molar-refractivity contribution in [2.45, 2.75) is 18.9 Å². The number of sulfonamides is 1. The number of benzene rings is 1. The van der Waals surface area contributed by atoms with Crippen LogP contribution in [0.4, 0.5) is 0 Å². The van der Waals surface area contributed by atoms with E-state index in [1.165, 1.54) is 6.20 Å². The Balaban J connectivity index is 1.69. The second-order valence-electron chi connectivity index (χ2n) is 5.70. The first-order valence-electron chi connectivity index (χ1n) is 7.41. The molecule has 23 heavy (non-hydrogen) atoms. The molecule has 1 aliphatic rings. The molecule has 1 fully saturated rings. The van der Waals surface area contributed by atoms with Crippen molar-refractivity contribution in [2.24, 2.45) is 0 Å². The molecule has 122 valence electrons. The van der Waals surface area contributed by atoms with Crippen LogP contribution in [0.2, 0.25) is 0 Å². The Morgan fingerprint density at radius 3 is 2.52 bits per heavy atom. The van der Waals surface area contributed by atoms with Gasteiger partial charge < -0.3 is 4.90 Å². The van der Waals surface area contributed by atoms with E-state index >= 15 is 0 Å². The fourth-order valence-corrected chi connectivity index (χ4v) is 3.57. The first-order chi connectivity index (χ1) is 10.9. The average molecular weight is 334 g/mol. The Hall–Kier alpha value is -2.06. The van der Waals surface area contributed by atoms with Crippen molar-refractivity contribution in [1.82, 2.24) is 19.6 Å². The van der Waals surface area contributed by atoms with Crippen molar-refractivity contribution in [3.8, 4) is 0 Å². The van der Waals surface area contributed by atoms with Crippen LogP contribution in [-0.4, -0.2) is 54.6 Å². The first kappa shape index (κ1) is 15.8. The second kappa shape index (κ2) is 6.21. The fraction of sp³-hybridized carbons (Fsp3) is 0.400. The highest BCUT2D eigenvalue weighted by atomic mass is 32.2. The van der Waals surface area contributed by atoms with E-state index < -0.39 is 10.0 Å². The number of amides is 1. The molecule has 1 aromatic carbocycles. The van der Waals surface area contributed by atoms with Gasteiger partial charge in [0.05, 0.1) is 23.5 Å². The highest BCUT2D eigenvalue weighted by molar-refractivity contribution is 7.88. The number of hydrogen-bond donors (Lipinski definition) is 1. The maximum absolute atomic E-state index is 12.5. The van der Waals surface area contributed by atoms with E-state index in [4.69, 9.17) is 0 Å². The van der Waals surface area contributed by atoms with Crippen LogP contribution in [0.5, 0.6) is 0 Å². The van der Waals surface area contributed by atoms with Crippen LogP contribution in [0.1, 0.15) is 23.3 Å². The van der Waals surface area contributed by atoms with Crippen LogP contribution in [0.3, 0.4) is 0 Å². The number of carbonyl (C=O) groups is 1. The molecule has 1 aliphatic heterocycles. The topological polar surface area (TPSA) is 92.3 Å². The lowest BCUT2D eigenvalue weighted by molar-refractivity contribution is 0.0705. The molecule has 8 heteroatoms. The van der Waals surface area contributed by atoms with Crippen LogP contribution in [0.25, 0.3) is 11.0 Å². The summed E-state index contributed by atoms with van der Waals surface area (Å²) in [6.07, 6.45) is 3.83. The molecular formula is C15H18N4O3S. The maximum atomic E-state index is 12.5. The molecule has 1 saturated heterocycles. The van der Waals surface area contributed by atoms with Crippen LogP contribution >= 0.6 is 0 Å². The van der Waals surface area contributed by atoms with Crippen LogP contribution in [0, 0.1) is 0 Å². The summed E-state index contributed by atoms with van der Waals surface area (Å²) in [6.45, 7) is 1.00. The number of hydrogen-bond acceptors (Lipinski definition) is 5. The van der Waals surface area contributed by atoms with Gasteiger partial charge in [-0.25, -0.2) is 18.1 Å². The molecule has 0 saturated carbocycles. The summed E-state index contributed by atoms with van der Waals surface area (Å²) in [6, 6.07) is 7.28. The number of rotatable bonds is 3. The molecule has 2 heterocycles. The van der Waals surface area contributed by atoms with Crippen molar-refractivity contribution in [3.05, 3.63) is 36.2 Å². The van der Waals surface area contributed by atoms with E-state index in [1.807, 2.05) is 24.3 Å². The Kier molecular flexibility index (Phi) is 4.27. The predicted molar refractivity (Wildman–Crippen MR) is 86.4 cm³/mol. The third-order valence-electron chi connectivity index (χ3n) is 3.83. The van der Waals surface area contributed by atoms with Crippen molar-refractivity contribution in [3.63, 3.8) is 0 Å². The highest BCUT2D eigenvalue weighted by Gasteiger charge is 2.26. The zero-order valence-corrected chi connectivity index (χ0v) is 13.6. The lowest BCUT2D eigenvalue weighted by Crippen LogP contribution is -2.46. The van der Waals surface area contributed by atoms with Crippen LogP contribution in [-0.2, 0) is 10.0 Å². The van der Waals surface area contributed by atoms with Gasteiger partial charge in [-0.2, -0.15) is 0 Å². The number of para-hydroxylation sites is 2. The third-order valence-corrected chi connectivity index (χ3v) is 4.59. The van der Waals surface area contributed by atoms with Crippen molar-refractivity contribution >= 4 is 27.0 Å². The molecule has 0 aliphatic carbocycles. The SMILES string of the molecule is CS(=O)(=O)NC1CCN(C(=O)c2cnc3ccccc3n2)CC1.